The summed E-state index contributed by atoms with van der Waals surface area (Å²) < 4.78 is 0. The van der Waals surface area contributed by atoms with Crippen LogP contribution in [0.4, 0.5) is 5.69 Å². The molecule has 0 fully saturated rings. The standard InChI is InChI=1S/C16H11N5OS/c22-16(14-8-23-9-18-14)19-10-4-5-11-13(7-10)21-15(20-11)12-3-1-2-6-17-12/h1-9H,(H,19,22)(H,20,21). The van der Waals surface area contributed by atoms with Gasteiger partial charge in [0.1, 0.15) is 11.4 Å². The number of anilines is 1. The molecule has 0 unspecified atom stereocenters. The van der Waals surface area contributed by atoms with Crippen molar-refractivity contribution in [3.05, 3.63) is 59.2 Å². The van der Waals surface area contributed by atoms with Crippen molar-refractivity contribution in [2.75, 3.05) is 5.32 Å². The lowest BCUT2D eigenvalue weighted by molar-refractivity contribution is 0.102. The molecule has 23 heavy (non-hydrogen) atoms. The van der Waals surface area contributed by atoms with Crippen molar-refractivity contribution in [2.45, 2.75) is 0 Å². The van der Waals surface area contributed by atoms with Crippen LogP contribution in [-0.4, -0.2) is 25.8 Å². The number of hydrogen-bond donors (Lipinski definition) is 2. The van der Waals surface area contributed by atoms with Crippen LogP contribution in [0.1, 0.15) is 10.5 Å². The Labute approximate surface area is 135 Å². The molecule has 4 aromatic rings. The van der Waals surface area contributed by atoms with E-state index in [1.165, 1.54) is 11.3 Å². The van der Waals surface area contributed by atoms with E-state index >= 15 is 0 Å². The van der Waals surface area contributed by atoms with Gasteiger partial charge in [0, 0.05) is 17.3 Å². The molecule has 6 nitrogen and oxygen atoms in total. The second-order valence-electron chi connectivity index (χ2n) is 4.86. The fourth-order valence-corrected chi connectivity index (χ4v) is 2.76. The molecule has 1 amide bonds. The first-order valence-electron chi connectivity index (χ1n) is 6.90. The lowest BCUT2D eigenvalue weighted by Gasteiger charge is -2.02. The number of imidazole rings is 1. The number of benzene rings is 1. The van der Waals surface area contributed by atoms with E-state index in [0.29, 0.717) is 17.2 Å². The Balaban J connectivity index is 1.64. The molecule has 1 aromatic carbocycles. The Hall–Kier alpha value is -3.06. The number of aromatic amines is 1. The third-order valence-electron chi connectivity index (χ3n) is 3.31. The zero-order valence-corrected chi connectivity index (χ0v) is 12.7. The van der Waals surface area contributed by atoms with Crippen molar-refractivity contribution in [3.8, 4) is 11.5 Å². The number of carbonyl (C=O) groups excluding carboxylic acids is 1. The molecule has 0 aliphatic rings. The van der Waals surface area contributed by atoms with Gasteiger partial charge in [-0.05, 0) is 30.3 Å². The zero-order chi connectivity index (χ0) is 15.6. The fraction of sp³-hybridized carbons (Fsp3) is 0. The summed E-state index contributed by atoms with van der Waals surface area (Å²) in [5.74, 6) is 0.471. The quantitative estimate of drug-likeness (QED) is 0.606. The van der Waals surface area contributed by atoms with E-state index in [2.05, 4.69) is 25.3 Å². The lowest BCUT2D eigenvalue weighted by Crippen LogP contribution is -2.11. The van der Waals surface area contributed by atoms with Gasteiger partial charge in [-0.25, -0.2) is 9.97 Å². The van der Waals surface area contributed by atoms with Gasteiger partial charge in [0.2, 0.25) is 0 Å². The minimum absolute atomic E-state index is 0.227. The highest BCUT2D eigenvalue weighted by Gasteiger charge is 2.10. The first kappa shape index (κ1) is 13.6. The van der Waals surface area contributed by atoms with Gasteiger partial charge in [0.05, 0.1) is 16.5 Å². The summed E-state index contributed by atoms with van der Waals surface area (Å²) >= 11 is 1.39. The topological polar surface area (TPSA) is 83.6 Å². The number of nitrogens with one attached hydrogen (secondary N) is 2. The second-order valence-corrected chi connectivity index (χ2v) is 5.58. The van der Waals surface area contributed by atoms with Crippen LogP contribution < -0.4 is 5.32 Å². The summed E-state index contributed by atoms with van der Waals surface area (Å²) in [5.41, 5.74) is 5.16. The number of nitrogens with zero attached hydrogens (tertiary/aromatic N) is 3. The van der Waals surface area contributed by atoms with E-state index in [1.54, 1.807) is 17.1 Å². The molecule has 0 aliphatic carbocycles. The largest absolute Gasteiger partial charge is 0.337 e. The van der Waals surface area contributed by atoms with E-state index in [4.69, 9.17) is 0 Å². The minimum atomic E-state index is -0.227. The number of amides is 1. The number of thiazole rings is 1. The van der Waals surface area contributed by atoms with Gasteiger partial charge in [-0.2, -0.15) is 0 Å². The number of carbonyl (C=O) groups is 1. The van der Waals surface area contributed by atoms with Crippen LogP contribution in [0.5, 0.6) is 0 Å². The fourth-order valence-electron chi connectivity index (χ4n) is 2.23. The van der Waals surface area contributed by atoms with Crippen LogP contribution >= 0.6 is 11.3 Å². The van der Waals surface area contributed by atoms with Gasteiger partial charge in [-0.3, -0.25) is 9.78 Å². The van der Waals surface area contributed by atoms with E-state index in [0.717, 1.165) is 16.7 Å². The molecule has 0 atom stereocenters. The molecule has 112 valence electrons. The average molecular weight is 321 g/mol. The molecule has 3 aromatic heterocycles. The molecule has 4 rings (SSSR count). The van der Waals surface area contributed by atoms with Crippen molar-refractivity contribution in [1.82, 2.24) is 19.9 Å². The van der Waals surface area contributed by atoms with Gasteiger partial charge < -0.3 is 10.3 Å². The Morgan fingerprint density at radius 3 is 2.91 bits per heavy atom. The number of fused-ring (bicyclic) bond motifs is 1. The molecule has 0 spiro atoms. The van der Waals surface area contributed by atoms with E-state index in [1.807, 2.05) is 36.4 Å². The van der Waals surface area contributed by atoms with Crippen LogP contribution in [0.3, 0.4) is 0 Å². The molecular formula is C16H11N5OS. The summed E-state index contributed by atoms with van der Waals surface area (Å²) in [4.78, 5) is 28.0. The number of pyridine rings is 1. The summed E-state index contributed by atoms with van der Waals surface area (Å²) in [7, 11) is 0. The van der Waals surface area contributed by atoms with Crippen LogP contribution in [-0.2, 0) is 0 Å². The molecule has 0 bridgehead atoms. The average Bonchev–Trinajstić information content (AvgIpc) is 3.25. The van der Waals surface area contributed by atoms with E-state index in [-0.39, 0.29) is 5.91 Å². The van der Waals surface area contributed by atoms with Crippen LogP contribution in [0.15, 0.2) is 53.5 Å². The van der Waals surface area contributed by atoms with Crippen LogP contribution in [0.2, 0.25) is 0 Å². The Bertz CT molecular complexity index is 963. The monoisotopic (exact) mass is 321 g/mol. The lowest BCUT2D eigenvalue weighted by atomic mass is 10.2. The van der Waals surface area contributed by atoms with Crippen LogP contribution in [0, 0.1) is 0 Å². The highest BCUT2D eigenvalue weighted by molar-refractivity contribution is 7.07. The maximum absolute atomic E-state index is 12.0. The molecule has 7 heteroatoms. The maximum atomic E-state index is 12.0. The number of rotatable bonds is 3. The summed E-state index contributed by atoms with van der Waals surface area (Å²) in [6, 6.07) is 11.2. The molecular weight excluding hydrogens is 310 g/mol. The molecule has 3 heterocycles. The smallest absolute Gasteiger partial charge is 0.275 e. The predicted octanol–water partition coefficient (Wildman–Crippen LogP) is 3.33. The minimum Gasteiger partial charge on any atom is -0.337 e. The van der Waals surface area contributed by atoms with Gasteiger partial charge in [0.15, 0.2) is 5.82 Å². The Kier molecular flexibility index (Phi) is 3.32. The SMILES string of the molecule is O=C(Nc1ccc2nc(-c3ccccn3)[nH]c2c1)c1cscn1. The van der Waals surface area contributed by atoms with Crippen molar-refractivity contribution < 1.29 is 4.79 Å². The molecule has 0 saturated carbocycles. The molecule has 0 saturated heterocycles. The molecule has 0 radical (unpaired) electrons. The van der Waals surface area contributed by atoms with E-state index < -0.39 is 0 Å². The van der Waals surface area contributed by atoms with Gasteiger partial charge >= 0.3 is 0 Å². The van der Waals surface area contributed by atoms with Crippen molar-refractivity contribution in [3.63, 3.8) is 0 Å². The molecule has 2 N–H and O–H groups in total. The number of aromatic nitrogens is 4. The highest BCUT2D eigenvalue weighted by atomic mass is 32.1. The first-order valence-corrected chi connectivity index (χ1v) is 7.84. The Morgan fingerprint density at radius 1 is 1.17 bits per heavy atom. The summed E-state index contributed by atoms with van der Waals surface area (Å²) in [6.07, 6.45) is 1.72. The maximum Gasteiger partial charge on any atom is 0.275 e. The normalized spacial score (nSPS) is 10.8. The number of hydrogen-bond acceptors (Lipinski definition) is 5. The highest BCUT2D eigenvalue weighted by Crippen LogP contribution is 2.22. The summed E-state index contributed by atoms with van der Waals surface area (Å²) in [6.45, 7) is 0. The zero-order valence-electron chi connectivity index (χ0n) is 11.9. The third kappa shape index (κ3) is 2.69. The number of H-pyrrole nitrogens is 1. The van der Waals surface area contributed by atoms with Gasteiger partial charge in [-0.15, -0.1) is 11.3 Å². The molecule has 0 aliphatic heterocycles. The van der Waals surface area contributed by atoms with E-state index in [9.17, 15) is 4.79 Å². The summed E-state index contributed by atoms with van der Waals surface area (Å²) in [5, 5.41) is 4.54. The van der Waals surface area contributed by atoms with Crippen molar-refractivity contribution in [1.29, 1.82) is 0 Å². The second kappa shape index (κ2) is 5.62. The van der Waals surface area contributed by atoms with Crippen LogP contribution in [0.25, 0.3) is 22.6 Å². The first-order chi connectivity index (χ1) is 11.3. The van der Waals surface area contributed by atoms with Crippen molar-refractivity contribution >= 4 is 34.0 Å². The van der Waals surface area contributed by atoms with Gasteiger partial charge in [0.25, 0.3) is 5.91 Å². The third-order valence-corrected chi connectivity index (χ3v) is 3.90. The van der Waals surface area contributed by atoms with Gasteiger partial charge in [-0.1, -0.05) is 6.07 Å². The van der Waals surface area contributed by atoms with Crippen molar-refractivity contribution in [2.24, 2.45) is 0 Å². The Morgan fingerprint density at radius 2 is 2.13 bits per heavy atom. The predicted molar refractivity (Wildman–Crippen MR) is 89.4 cm³/mol.